The molecule has 0 aromatic carbocycles. The first-order valence-electron chi connectivity index (χ1n) is 3.03. The molecule has 0 aliphatic rings. The summed E-state index contributed by atoms with van der Waals surface area (Å²) in [6.07, 6.45) is 0. The van der Waals surface area contributed by atoms with Gasteiger partial charge in [-0.05, 0) is 17.4 Å². The smallest absolute Gasteiger partial charge is 0.201 e. The molecule has 2 heterocycles. The number of aryl methyl sites for hydroxylation is 1. The van der Waals surface area contributed by atoms with Crippen LogP contribution in [0.4, 0.5) is 0 Å². The number of H-pyrrole nitrogens is 1. The first kappa shape index (κ1) is 6.02. The van der Waals surface area contributed by atoms with Crippen LogP contribution >= 0.6 is 0 Å². The van der Waals surface area contributed by atoms with Crippen LogP contribution in [0, 0.1) is 6.92 Å². The number of aromatic nitrogens is 5. The molecule has 0 aliphatic heterocycles. The van der Waals surface area contributed by atoms with E-state index in [0.29, 0.717) is 11.5 Å². The van der Waals surface area contributed by atoms with Gasteiger partial charge in [0.05, 0.1) is 0 Å². The van der Waals surface area contributed by atoms with Crippen molar-refractivity contribution in [3.63, 3.8) is 0 Å². The molecule has 2 aromatic rings. The van der Waals surface area contributed by atoms with Gasteiger partial charge in [0, 0.05) is 6.07 Å². The zero-order valence-corrected chi connectivity index (χ0v) is 5.77. The Bertz CT molecular complexity index is 337. The second-order valence-electron chi connectivity index (χ2n) is 2.07. The summed E-state index contributed by atoms with van der Waals surface area (Å²) in [5, 5.41) is 16.8. The van der Waals surface area contributed by atoms with Gasteiger partial charge in [-0.15, -0.1) is 5.10 Å². The highest BCUT2D eigenvalue weighted by Gasteiger charge is 2.05. The van der Waals surface area contributed by atoms with Crippen LogP contribution in [0.25, 0.3) is 11.5 Å². The number of hydrogen-bond acceptors (Lipinski definition) is 5. The lowest BCUT2D eigenvalue weighted by atomic mass is 10.4. The molecule has 0 fully saturated rings. The summed E-state index contributed by atoms with van der Waals surface area (Å²) < 4.78 is 4.82. The molecule has 56 valence electrons. The lowest BCUT2D eigenvalue weighted by molar-refractivity contribution is 0.399. The molecule has 0 spiro atoms. The molecule has 1 N–H and O–H groups in total. The zero-order valence-electron chi connectivity index (χ0n) is 5.77. The average Bonchev–Trinajstić information content (AvgIpc) is 2.55. The Labute approximate surface area is 61.6 Å². The van der Waals surface area contributed by atoms with E-state index in [1.165, 1.54) is 0 Å². The summed E-state index contributed by atoms with van der Waals surface area (Å²) in [5.41, 5.74) is 0.618. The fraction of sp³-hybridized carbons (Fsp3) is 0.200. The molecule has 0 saturated heterocycles. The molecule has 0 saturated carbocycles. The molecular formula is C5H5N5O. The Morgan fingerprint density at radius 3 is 3.00 bits per heavy atom. The maximum absolute atomic E-state index is 4.82. The fourth-order valence-corrected chi connectivity index (χ4v) is 0.746. The highest BCUT2D eigenvalue weighted by atomic mass is 16.5. The van der Waals surface area contributed by atoms with E-state index in [1.54, 1.807) is 13.0 Å². The van der Waals surface area contributed by atoms with Crippen LogP contribution in [0.5, 0.6) is 0 Å². The molecule has 0 bridgehead atoms. The van der Waals surface area contributed by atoms with Crippen molar-refractivity contribution in [2.45, 2.75) is 6.92 Å². The largest absolute Gasteiger partial charge is 0.361 e. The third kappa shape index (κ3) is 0.977. The van der Waals surface area contributed by atoms with Gasteiger partial charge in [-0.25, -0.2) is 5.10 Å². The number of rotatable bonds is 1. The Morgan fingerprint density at radius 2 is 2.45 bits per heavy atom. The molecule has 0 radical (unpaired) electrons. The first-order valence-corrected chi connectivity index (χ1v) is 3.03. The van der Waals surface area contributed by atoms with Crippen molar-refractivity contribution in [3.8, 4) is 11.5 Å². The summed E-state index contributed by atoms with van der Waals surface area (Å²) in [6, 6.07) is 1.75. The van der Waals surface area contributed by atoms with Crippen LogP contribution in [-0.4, -0.2) is 25.8 Å². The summed E-state index contributed by atoms with van der Waals surface area (Å²) >= 11 is 0. The first-order chi connectivity index (χ1) is 5.36. The van der Waals surface area contributed by atoms with Gasteiger partial charge in [-0.2, -0.15) is 0 Å². The normalized spacial score (nSPS) is 10.3. The lowest BCUT2D eigenvalue weighted by Gasteiger charge is -1.78. The monoisotopic (exact) mass is 151 g/mol. The van der Waals surface area contributed by atoms with Crippen LogP contribution in [-0.2, 0) is 0 Å². The molecule has 6 heteroatoms. The number of nitrogens with one attached hydrogen (secondary N) is 1. The molecule has 0 atom stereocenters. The molecule has 6 nitrogen and oxygen atoms in total. The number of hydrogen-bond donors (Lipinski definition) is 1. The molecule has 2 aromatic heterocycles. The molecule has 0 amide bonds. The van der Waals surface area contributed by atoms with Crippen molar-refractivity contribution < 1.29 is 4.52 Å². The van der Waals surface area contributed by atoms with Crippen molar-refractivity contribution in [1.29, 1.82) is 0 Å². The number of aromatic amines is 1. The Hall–Kier alpha value is -1.72. The molecule has 0 aliphatic carbocycles. The standard InChI is InChI=1S/C5H5N5O/c1-3-2-4(8-11-3)5-6-9-10-7-5/h2H,1H3,(H,6,7,9,10). The Kier molecular flexibility index (Phi) is 1.18. The van der Waals surface area contributed by atoms with E-state index in [9.17, 15) is 0 Å². The van der Waals surface area contributed by atoms with Crippen molar-refractivity contribution in [1.82, 2.24) is 25.8 Å². The second kappa shape index (κ2) is 2.15. The third-order valence-electron chi connectivity index (χ3n) is 1.22. The van der Waals surface area contributed by atoms with Gasteiger partial charge in [-0.3, -0.25) is 0 Å². The SMILES string of the molecule is Cc1cc(-c2nnn[nH]2)no1. The topological polar surface area (TPSA) is 80.5 Å². The highest BCUT2D eigenvalue weighted by Crippen LogP contribution is 2.11. The highest BCUT2D eigenvalue weighted by molar-refractivity contribution is 5.46. The van der Waals surface area contributed by atoms with Crippen LogP contribution < -0.4 is 0 Å². The summed E-state index contributed by atoms with van der Waals surface area (Å²) in [5.74, 6) is 1.25. The molecule has 0 unspecified atom stereocenters. The van der Waals surface area contributed by atoms with E-state index in [0.717, 1.165) is 5.76 Å². The van der Waals surface area contributed by atoms with Gasteiger partial charge < -0.3 is 4.52 Å². The van der Waals surface area contributed by atoms with Gasteiger partial charge in [0.15, 0.2) is 5.69 Å². The van der Waals surface area contributed by atoms with Crippen molar-refractivity contribution >= 4 is 0 Å². The molecule has 11 heavy (non-hydrogen) atoms. The third-order valence-corrected chi connectivity index (χ3v) is 1.22. The second-order valence-corrected chi connectivity index (χ2v) is 2.07. The fourth-order valence-electron chi connectivity index (χ4n) is 0.746. The Morgan fingerprint density at radius 1 is 1.55 bits per heavy atom. The van der Waals surface area contributed by atoms with E-state index >= 15 is 0 Å². The minimum Gasteiger partial charge on any atom is -0.361 e. The summed E-state index contributed by atoms with van der Waals surface area (Å²) in [7, 11) is 0. The zero-order chi connectivity index (χ0) is 7.68. The quantitative estimate of drug-likeness (QED) is 0.628. The minimum atomic E-state index is 0.516. The summed E-state index contributed by atoms with van der Waals surface area (Å²) in [4.78, 5) is 0. The van der Waals surface area contributed by atoms with Gasteiger partial charge in [0.25, 0.3) is 0 Å². The van der Waals surface area contributed by atoms with E-state index < -0.39 is 0 Å². The maximum atomic E-state index is 4.82. The van der Waals surface area contributed by atoms with Crippen molar-refractivity contribution in [2.75, 3.05) is 0 Å². The number of nitrogens with zero attached hydrogens (tertiary/aromatic N) is 4. The van der Waals surface area contributed by atoms with Gasteiger partial charge in [0.2, 0.25) is 5.82 Å². The lowest BCUT2D eigenvalue weighted by Crippen LogP contribution is -1.78. The van der Waals surface area contributed by atoms with E-state index in [4.69, 9.17) is 4.52 Å². The van der Waals surface area contributed by atoms with E-state index in [-0.39, 0.29) is 0 Å². The Balaban J connectivity index is 2.45. The van der Waals surface area contributed by atoms with Crippen LogP contribution in [0.15, 0.2) is 10.6 Å². The van der Waals surface area contributed by atoms with Crippen LogP contribution in [0.2, 0.25) is 0 Å². The van der Waals surface area contributed by atoms with Crippen LogP contribution in [0.3, 0.4) is 0 Å². The van der Waals surface area contributed by atoms with E-state index in [2.05, 4.69) is 25.8 Å². The van der Waals surface area contributed by atoms with Gasteiger partial charge >= 0.3 is 0 Å². The van der Waals surface area contributed by atoms with E-state index in [1.807, 2.05) is 0 Å². The predicted molar refractivity (Wildman–Crippen MR) is 34.4 cm³/mol. The number of tetrazole rings is 1. The average molecular weight is 151 g/mol. The predicted octanol–water partition coefficient (Wildman–Crippen LogP) is 0.163. The molecular weight excluding hydrogens is 146 g/mol. The van der Waals surface area contributed by atoms with Gasteiger partial charge in [0.1, 0.15) is 5.76 Å². The molecule has 2 rings (SSSR count). The minimum absolute atomic E-state index is 0.516. The van der Waals surface area contributed by atoms with Crippen molar-refractivity contribution in [2.24, 2.45) is 0 Å². The van der Waals surface area contributed by atoms with Crippen molar-refractivity contribution in [3.05, 3.63) is 11.8 Å². The van der Waals surface area contributed by atoms with Crippen LogP contribution in [0.1, 0.15) is 5.76 Å². The summed E-state index contributed by atoms with van der Waals surface area (Å²) in [6.45, 7) is 1.81. The van der Waals surface area contributed by atoms with Gasteiger partial charge in [-0.1, -0.05) is 5.16 Å². The maximum Gasteiger partial charge on any atom is 0.201 e.